The minimum Gasteiger partial charge on any atom is -0.378 e. The second kappa shape index (κ2) is 17.3. The van der Waals surface area contributed by atoms with E-state index < -0.39 is 11.2 Å². The summed E-state index contributed by atoms with van der Waals surface area (Å²) >= 11 is 11.9. The molecule has 2 amide bonds. The van der Waals surface area contributed by atoms with E-state index in [-0.39, 0.29) is 23.9 Å². The summed E-state index contributed by atoms with van der Waals surface area (Å²) in [4.78, 5) is 32.4. The van der Waals surface area contributed by atoms with Gasteiger partial charge in [-0.3, -0.25) is 19.6 Å². The van der Waals surface area contributed by atoms with Crippen LogP contribution in [0.4, 0.5) is 0 Å². The van der Waals surface area contributed by atoms with E-state index in [4.69, 9.17) is 23.2 Å². The maximum Gasteiger partial charge on any atom is 0.251 e. The van der Waals surface area contributed by atoms with E-state index in [1.807, 2.05) is 24.3 Å². The van der Waals surface area contributed by atoms with Gasteiger partial charge in [-0.25, -0.2) is 0 Å². The van der Waals surface area contributed by atoms with Crippen LogP contribution in [0.2, 0.25) is 10.0 Å². The lowest BCUT2D eigenvalue weighted by atomic mass is 9.82. The molecule has 0 radical (unpaired) electrons. The molecule has 2 fully saturated rings. The summed E-state index contributed by atoms with van der Waals surface area (Å²) in [5.41, 5.74) is 0.462. The summed E-state index contributed by atoms with van der Waals surface area (Å²) in [5.74, 6) is 11.6. The molecule has 0 spiro atoms. The van der Waals surface area contributed by atoms with Crippen molar-refractivity contribution in [1.82, 2.24) is 20.6 Å². The number of pyridine rings is 2. The highest BCUT2D eigenvalue weighted by Gasteiger charge is 2.34. The van der Waals surface area contributed by atoms with Crippen LogP contribution in [-0.2, 0) is 0 Å². The first-order valence-electron chi connectivity index (χ1n) is 16.5. The number of amides is 2. The fourth-order valence-electron chi connectivity index (χ4n) is 6.03. The molecule has 4 atom stereocenters. The molecule has 4 aromatic rings. The minimum absolute atomic E-state index is 0.104. The minimum atomic E-state index is -1.10. The number of hydrogen-bond donors (Lipinski definition) is 4. The Hall–Kier alpha value is -4.70. The Morgan fingerprint density at radius 1 is 0.660 bits per heavy atom. The second-order valence-corrected chi connectivity index (χ2v) is 13.5. The molecule has 2 saturated carbocycles. The lowest BCUT2D eigenvalue weighted by Gasteiger charge is -2.33. The van der Waals surface area contributed by atoms with Gasteiger partial charge in [0.05, 0.1) is 0 Å². The van der Waals surface area contributed by atoms with E-state index in [9.17, 15) is 19.8 Å². The topological polar surface area (TPSA) is 124 Å². The normalized spacial score (nSPS) is 22.6. The highest BCUT2D eigenvalue weighted by molar-refractivity contribution is 6.31. The van der Waals surface area contributed by atoms with Gasteiger partial charge in [0.15, 0.2) is 0 Å². The molecular weight excluding hydrogens is 671 g/mol. The Morgan fingerprint density at radius 2 is 1.06 bits per heavy atom. The van der Waals surface area contributed by atoms with Gasteiger partial charge in [-0.15, -0.1) is 0 Å². The molecule has 2 aromatic carbocycles. The predicted octanol–water partition coefficient (Wildman–Crippen LogP) is 6.38. The predicted molar refractivity (Wildman–Crippen MR) is 194 cm³/mol. The summed E-state index contributed by atoms with van der Waals surface area (Å²) in [6.45, 7) is 0. The fraction of sp³-hybridized carbons (Fsp3) is 0.300. The van der Waals surface area contributed by atoms with Crippen LogP contribution in [0.5, 0.6) is 0 Å². The third-order valence-corrected chi connectivity index (χ3v) is 9.01. The quantitative estimate of drug-likeness (QED) is 0.183. The summed E-state index contributed by atoms with van der Waals surface area (Å²) in [5, 5.41) is 28.8. The third-order valence-electron chi connectivity index (χ3n) is 8.54. The number of benzene rings is 2. The zero-order valence-corrected chi connectivity index (χ0v) is 28.9. The molecule has 6 rings (SSSR count). The van der Waals surface area contributed by atoms with Crippen LogP contribution in [0.3, 0.4) is 0 Å². The van der Waals surface area contributed by atoms with Crippen LogP contribution in [0.1, 0.15) is 83.2 Å². The smallest absolute Gasteiger partial charge is 0.251 e. The lowest BCUT2D eigenvalue weighted by molar-refractivity contribution is 0.0443. The van der Waals surface area contributed by atoms with E-state index in [0.29, 0.717) is 46.9 Å². The number of aromatic nitrogens is 2. The molecule has 2 aromatic heterocycles. The molecule has 0 aliphatic heterocycles. The molecule has 0 saturated heterocycles. The van der Waals surface area contributed by atoms with Gasteiger partial charge in [0.25, 0.3) is 11.8 Å². The summed E-state index contributed by atoms with van der Waals surface area (Å²) in [7, 11) is 0. The average molecular weight is 710 g/mol. The lowest BCUT2D eigenvalue weighted by Crippen LogP contribution is -2.45. The molecule has 256 valence electrons. The number of nitrogens with zero attached hydrogens (tertiary/aromatic N) is 2. The molecule has 8 nitrogen and oxygen atoms in total. The van der Waals surface area contributed by atoms with Gasteiger partial charge < -0.3 is 20.8 Å². The highest BCUT2D eigenvalue weighted by Crippen LogP contribution is 2.29. The van der Waals surface area contributed by atoms with Crippen LogP contribution in [0.25, 0.3) is 0 Å². The van der Waals surface area contributed by atoms with E-state index in [1.165, 1.54) is 0 Å². The monoisotopic (exact) mass is 708 g/mol. The summed E-state index contributed by atoms with van der Waals surface area (Å²) in [6, 6.07) is 20.9. The van der Waals surface area contributed by atoms with Crippen LogP contribution < -0.4 is 10.6 Å². The Bertz CT molecular complexity index is 1770. The van der Waals surface area contributed by atoms with Gasteiger partial charge >= 0.3 is 0 Å². The summed E-state index contributed by atoms with van der Waals surface area (Å²) < 4.78 is 0. The maximum atomic E-state index is 12.3. The van der Waals surface area contributed by atoms with Crippen LogP contribution in [-0.4, -0.2) is 55.3 Å². The maximum absolute atomic E-state index is 12.3. The first-order valence-corrected chi connectivity index (χ1v) is 17.3. The first-order chi connectivity index (χ1) is 24.1. The van der Waals surface area contributed by atoms with Gasteiger partial charge in [0.2, 0.25) is 0 Å². The number of rotatable bonds is 4. The van der Waals surface area contributed by atoms with Crippen LogP contribution >= 0.6 is 23.2 Å². The Kier molecular flexibility index (Phi) is 12.7. The third kappa shape index (κ3) is 11.2. The number of carbonyl (C=O) groups is 2. The number of hydrogen-bond acceptors (Lipinski definition) is 6. The Morgan fingerprint density at radius 3 is 1.44 bits per heavy atom. The van der Waals surface area contributed by atoms with Crippen molar-refractivity contribution in [2.45, 2.75) is 74.7 Å². The van der Waals surface area contributed by atoms with Crippen molar-refractivity contribution < 1.29 is 19.8 Å². The molecule has 10 heteroatoms. The molecule has 0 bridgehead atoms. The van der Waals surface area contributed by atoms with Crippen LogP contribution in [0.15, 0.2) is 97.6 Å². The zero-order valence-electron chi connectivity index (χ0n) is 27.4. The first kappa shape index (κ1) is 36.6. The number of nitrogens with one attached hydrogen (secondary N) is 2. The Labute approximate surface area is 302 Å². The van der Waals surface area contributed by atoms with E-state index in [2.05, 4.69) is 44.3 Å². The molecule has 50 heavy (non-hydrogen) atoms. The zero-order chi connectivity index (χ0) is 35.4. The van der Waals surface area contributed by atoms with Gasteiger partial charge in [0.1, 0.15) is 11.2 Å². The number of carbonyl (C=O) groups excluding carboxylic acids is 2. The fourth-order valence-corrected chi connectivity index (χ4v) is 6.41. The standard InChI is InChI=1S/2C20H19ClN2O2/c2*21-17-4-1-3-15(13-17)6-10-20(25)9-2-5-18(14-20)23-19(24)16-7-11-22-12-8-16/h2*1,3-4,7-8,11-13,18,25H,2,5,9,14H2,(H,23,24)/t2*18-,20+/m10/s1. The van der Waals surface area contributed by atoms with Crippen molar-refractivity contribution in [2.75, 3.05) is 0 Å². The SMILES string of the molecule is O=C(N[C@@H]1CCC[C@](O)(C#Cc2cccc(Cl)c2)C1)c1ccncc1.O=C(N[C@H]1CCC[C@@](O)(C#Cc2cccc(Cl)c2)C1)c1ccncc1. The van der Waals surface area contributed by atoms with Crippen molar-refractivity contribution in [2.24, 2.45) is 0 Å². The van der Waals surface area contributed by atoms with Crippen molar-refractivity contribution >= 4 is 35.0 Å². The van der Waals surface area contributed by atoms with Crippen molar-refractivity contribution in [1.29, 1.82) is 0 Å². The second-order valence-electron chi connectivity index (χ2n) is 12.6. The van der Waals surface area contributed by atoms with Crippen molar-refractivity contribution in [3.05, 3.63) is 130 Å². The van der Waals surface area contributed by atoms with E-state index in [1.54, 1.807) is 73.3 Å². The molecule has 2 aliphatic carbocycles. The van der Waals surface area contributed by atoms with Crippen LogP contribution in [0, 0.1) is 23.7 Å². The van der Waals surface area contributed by atoms with Gasteiger partial charge in [-0.2, -0.15) is 0 Å². The van der Waals surface area contributed by atoms with E-state index >= 15 is 0 Å². The molecule has 0 unspecified atom stereocenters. The highest BCUT2D eigenvalue weighted by atomic mass is 35.5. The largest absolute Gasteiger partial charge is 0.378 e. The van der Waals surface area contributed by atoms with Crippen molar-refractivity contribution in [3.8, 4) is 23.7 Å². The van der Waals surface area contributed by atoms with E-state index in [0.717, 1.165) is 36.8 Å². The molecule has 2 aliphatic rings. The summed E-state index contributed by atoms with van der Waals surface area (Å²) in [6.07, 6.45) is 11.6. The molecular formula is C40H38Cl2N4O4. The average Bonchev–Trinajstić information content (AvgIpc) is 3.11. The molecule has 2 heterocycles. The van der Waals surface area contributed by atoms with Crippen molar-refractivity contribution in [3.63, 3.8) is 0 Å². The molecule has 4 N–H and O–H groups in total. The number of aliphatic hydroxyl groups is 2. The van der Waals surface area contributed by atoms with Gasteiger partial charge in [-0.05, 0) is 99.2 Å². The number of halogens is 2. The van der Waals surface area contributed by atoms with Gasteiger partial charge in [-0.1, -0.05) is 59.0 Å². The Balaban J connectivity index is 0.000000194. The van der Waals surface area contributed by atoms with Gasteiger partial charge in [0, 0.05) is 82.0 Å².